The molecule has 7 nitrogen and oxygen atoms in total. The highest BCUT2D eigenvalue weighted by atomic mass is 35.5. The molecule has 0 bridgehead atoms. The molecule has 2 amide bonds. The van der Waals surface area contributed by atoms with E-state index in [0.29, 0.717) is 25.9 Å². The van der Waals surface area contributed by atoms with Crippen LogP contribution in [0.5, 0.6) is 0 Å². The minimum Gasteiger partial charge on any atom is -0.478 e. The summed E-state index contributed by atoms with van der Waals surface area (Å²) in [5.74, 6) is -1.79. The number of anilines is 1. The van der Waals surface area contributed by atoms with Gasteiger partial charge in [-0.1, -0.05) is 17.7 Å². The van der Waals surface area contributed by atoms with Gasteiger partial charge in [0.1, 0.15) is 11.2 Å². The Bertz CT molecular complexity index is 706. The van der Waals surface area contributed by atoms with Crippen molar-refractivity contribution < 1.29 is 24.2 Å². The van der Waals surface area contributed by atoms with Crippen molar-refractivity contribution in [2.45, 2.75) is 39.2 Å². The van der Waals surface area contributed by atoms with Crippen LogP contribution in [0.4, 0.5) is 10.5 Å². The molecule has 1 saturated heterocycles. The van der Waals surface area contributed by atoms with Crippen LogP contribution in [-0.2, 0) is 9.53 Å². The van der Waals surface area contributed by atoms with Crippen molar-refractivity contribution in [3.05, 3.63) is 28.8 Å². The number of benzene rings is 1. The maximum Gasteiger partial charge on any atom is 0.410 e. The Labute approximate surface area is 157 Å². The number of carboxylic acids is 1. The first kappa shape index (κ1) is 20.0. The molecule has 0 aromatic heterocycles. The van der Waals surface area contributed by atoms with E-state index in [-0.39, 0.29) is 34.2 Å². The van der Waals surface area contributed by atoms with Crippen molar-refractivity contribution in [3.8, 4) is 0 Å². The van der Waals surface area contributed by atoms with Gasteiger partial charge in [0.25, 0.3) is 0 Å². The number of halogens is 1. The fraction of sp³-hybridized carbons (Fsp3) is 0.500. The van der Waals surface area contributed by atoms with E-state index in [0.717, 1.165) is 0 Å². The van der Waals surface area contributed by atoms with E-state index in [1.165, 1.54) is 12.1 Å². The summed E-state index contributed by atoms with van der Waals surface area (Å²) in [6, 6.07) is 4.54. The van der Waals surface area contributed by atoms with E-state index in [9.17, 15) is 19.5 Å². The first-order valence-corrected chi connectivity index (χ1v) is 8.77. The van der Waals surface area contributed by atoms with Gasteiger partial charge in [0, 0.05) is 19.0 Å². The van der Waals surface area contributed by atoms with Gasteiger partial charge in [-0.3, -0.25) is 4.79 Å². The molecule has 1 aliphatic heterocycles. The number of ether oxygens (including phenoxy) is 1. The van der Waals surface area contributed by atoms with Crippen molar-refractivity contribution in [2.24, 2.45) is 5.92 Å². The Morgan fingerprint density at radius 1 is 1.23 bits per heavy atom. The number of carboxylic acid groups (broad SMARTS) is 1. The molecule has 2 rings (SSSR count). The lowest BCUT2D eigenvalue weighted by Crippen LogP contribution is -2.43. The molecule has 0 radical (unpaired) electrons. The monoisotopic (exact) mass is 382 g/mol. The van der Waals surface area contributed by atoms with Crippen molar-refractivity contribution in [1.82, 2.24) is 4.90 Å². The fourth-order valence-corrected chi connectivity index (χ4v) is 2.99. The van der Waals surface area contributed by atoms with Crippen LogP contribution in [0.25, 0.3) is 0 Å². The van der Waals surface area contributed by atoms with Gasteiger partial charge in [-0.05, 0) is 45.7 Å². The summed E-state index contributed by atoms with van der Waals surface area (Å²) in [7, 11) is 0. The fourth-order valence-electron chi connectivity index (χ4n) is 2.73. The standard InChI is InChI=1S/C18H23ClN2O5/c1-18(2,3)26-17(25)21-9-7-11(8-10-21)15(22)20-13-6-4-5-12(19)14(13)16(23)24/h4-6,11H,7-10H2,1-3H3,(H,20,22)(H,23,24). The Morgan fingerprint density at radius 3 is 2.38 bits per heavy atom. The van der Waals surface area contributed by atoms with Gasteiger partial charge in [0.15, 0.2) is 0 Å². The topological polar surface area (TPSA) is 95.9 Å². The van der Waals surface area contributed by atoms with Crippen LogP contribution >= 0.6 is 11.6 Å². The van der Waals surface area contributed by atoms with Crippen LogP contribution in [0.3, 0.4) is 0 Å². The van der Waals surface area contributed by atoms with Crippen LogP contribution in [0.15, 0.2) is 18.2 Å². The first-order valence-electron chi connectivity index (χ1n) is 8.39. The zero-order valence-electron chi connectivity index (χ0n) is 15.0. The number of carbonyl (C=O) groups is 3. The van der Waals surface area contributed by atoms with Crippen LogP contribution in [0, 0.1) is 5.92 Å². The number of piperidine rings is 1. The number of hydrogen-bond donors (Lipinski definition) is 2. The van der Waals surface area contributed by atoms with Crippen molar-refractivity contribution in [2.75, 3.05) is 18.4 Å². The van der Waals surface area contributed by atoms with Gasteiger partial charge in [-0.25, -0.2) is 9.59 Å². The second kappa shape index (κ2) is 7.95. The molecule has 2 N–H and O–H groups in total. The van der Waals surface area contributed by atoms with E-state index in [1.54, 1.807) is 31.7 Å². The third-order valence-corrected chi connectivity index (χ3v) is 4.32. The molecule has 1 aliphatic rings. The molecule has 26 heavy (non-hydrogen) atoms. The predicted octanol–water partition coefficient (Wildman–Crippen LogP) is 3.62. The maximum atomic E-state index is 12.5. The quantitative estimate of drug-likeness (QED) is 0.832. The molecule has 1 fully saturated rings. The molecule has 0 saturated carbocycles. The summed E-state index contributed by atoms with van der Waals surface area (Å²) < 4.78 is 5.33. The lowest BCUT2D eigenvalue weighted by atomic mass is 9.96. The molecule has 142 valence electrons. The smallest absolute Gasteiger partial charge is 0.410 e. The van der Waals surface area contributed by atoms with Gasteiger partial charge in [-0.15, -0.1) is 0 Å². The van der Waals surface area contributed by atoms with Crippen LogP contribution < -0.4 is 5.32 Å². The lowest BCUT2D eigenvalue weighted by molar-refractivity contribution is -0.121. The average Bonchev–Trinajstić information content (AvgIpc) is 2.53. The SMILES string of the molecule is CC(C)(C)OC(=O)N1CCC(C(=O)Nc2cccc(Cl)c2C(=O)O)CC1. The third-order valence-electron chi connectivity index (χ3n) is 4.00. The molecule has 1 heterocycles. The van der Waals surface area contributed by atoms with E-state index in [1.807, 2.05) is 0 Å². The van der Waals surface area contributed by atoms with Crippen molar-refractivity contribution in [3.63, 3.8) is 0 Å². The minimum atomic E-state index is -1.20. The highest BCUT2D eigenvalue weighted by Crippen LogP contribution is 2.26. The van der Waals surface area contributed by atoms with Crippen LogP contribution in [0.1, 0.15) is 44.0 Å². The molecule has 0 spiro atoms. The number of carbonyl (C=O) groups excluding carboxylic acids is 2. The number of nitrogens with zero attached hydrogens (tertiary/aromatic N) is 1. The highest BCUT2D eigenvalue weighted by Gasteiger charge is 2.30. The zero-order chi connectivity index (χ0) is 19.5. The summed E-state index contributed by atoms with van der Waals surface area (Å²) in [5, 5.41) is 12.0. The number of rotatable bonds is 3. The van der Waals surface area contributed by atoms with Crippen molar-refractivity contribution >= 4 is 35.3 Å². The average molecular weight is 383 g/mol. The van der Waals surface area contributed by atoms with E-state index in [4.69, 9.17) is 16.3 Å². The van der Waals surface area contributed by atoms with Crippen LogP contribution in [-0.4, -0.2) is 46.7 Å². The molecule has 8 heteroatoms. The Balaban J connectivity index is 1.97. The summed E-state index contributed by atoms with van der Waals surface area (Å²) in [6.07, 6.45) is 0.571. The second-order valence-corrected chi connectivity index (χ2v) is 7.61. The van der Waals surface area contributed by atoms with E-state index in [2.05, 4.69) is 5.32 Å². The predicted molar refractivity (Wildman–Crippen MR) is 97.6 cm³/mol. The Morgan fingerprint density at radius 2 is 1.85 bits per heavy atom. The lowest BCUT2D eigenvalue weighted by Gasteiger charge is -2.33. The highest BCUT2D eigenvalue weighted by molar-refractivity contribution is 6.34. The maximum absolute atomic E-state index is 12.5. The number of nitrogens with one attached hydrogen (secondary N) is 1. The summed E-state index contributed by atoms with van der Waals surface area (Å²) in [4.78, 5) is 37.5. The van der Waals surface area contributed by atoms with Gasteiger partial charge in [0.2, 0.25) is 5.91 Å². The molecule has 0 atom stereocenters. The number of likely N-dealkylation sites (tertiary alicyclic amines) is 1. The molecule has 0 unspecified atom stereocenters. The summed E-state index contributed by atoms with van der Waals surface area (Å²) in [6.45, 7) is 6.23. The summed E-state index contributed by atoms with van der Waals surface area (Å²) >= 11 is 5.91. The Kier molecular flexibility index (Phi) is 6.13. The van der Waals surface area contributed by atoms with Gasteiger partial charge in [-0.2, -0.15) is 0 Å². The number of amides is 2. The number of hydrogen-bond acceptors (Lipinski definition) is 4. The third kappa shape index (κ3) is 5.11. The van der Waals surface area contributed by atoms with Gasteiger partial charge < -0.3 is 20.1 Å². The Hall–Kier alpha value is -2.28. The molecule has 1 aromatic carbocycles. The number of aromatic carboxylic acids is 1. The van der Waals surface area contributed by atoms with Gasteiger partial charge >= 0.3 is 12.1 Å². The van der Waals surface area contributed by atoms with E-state index < -0.39 is 11.6 Å². The van der Waals surface area contributed by atoms with Crippen molar-refractivity contribution in [1.29, 1.82) is 0 Å². The molecule has 1 aromatic rings. The normalized spacial score (nSPS) is 15.5. The molecule has 0 aliphatic carbocycles. The van der Waals surface area contributed by atoms with Gasteiger partial charge in [0.05, 0.1) is 10.7 Å². The first-order chi connectivity index (χ1) is 12.1. The second-order valence-electron chi connectivity index (χ2n) is 7.20. The molecular weight excluding hydrogens is 360 g/mol. The van der Waals surface area contributed by atoms with Crippen LogP contribution in [0.2, 0.25) is 5.02 Å². The zero-order valence-corrected chi connectivity index (χ0v) is 15.8. The van der Waals surface area contributed by atoms with E-state index >= 15 is 0 Å². The summed E-state index contributed by atoms with van der Waals surface area (Å²) in [5.41, 5.74) is -0.524. The largest absolute Gasteiger partial charge is 0.478 e. The minimum absolute atomic E-state index is 0.0649. The molecular formula is C18H23ClN2O5.